The van der Waals surface area contributed by atoms with Crippen molar-refractivity contribution in [3.8, 4) is 0 Å². The molecule has 1 fully saturated rings. The number of nitrogens with zero attached hydrogens (tertiary/aromatic N) is 4. The Morgan fingerprint density at radius 2 is 2.23 bits per heavy atom. The zero-order chi connectivity index (χ0) is 15.5. The Labute approximate surface area is 134 Å². The highest BCUT2D eigenvalue weighted by Gasteiger charge is 2.25. The summed E-state index contributed by atoms with van der Waals surface area (Å²) in [5, 5.41) is 15.2. The van der Waals surface area contributed by atoms with Crippen LogP contribution >= 0.6 is 11.3 Å². The standard InChI is InChI=1S/C15H21N5OS/c1-10-9-22-15(16-10)19-14-7-13(17-11(2)18-14)12-3-4-20(8-12)5-6-21/h7,9,12,21H,3-6,8H2,1-2H3,(H,16,17,18,19)/t12-/m1/s1. The van der Waals surface area contributed by atoms with E-state index in [2.05, 4.69) is 25.2 Å². The zero-order valence-electron chi connectivity index (χ0n) is 12.9. The monoisotopic (exact) mass is 319 g/mol. The van der Waals surface area contributed by atoms with Gasteiger partial charge in [0.15, 0.2) is 5.13 Å². The summed E-state index contributed by atoms with van der Waals surface area (Å²) in [6.45, 7) is 6.82. The molecule has 0 bridgehead atoms. The highest BCUT2D eigenvalue weighted by Crippen LogP contribution is 2.28. The summed E-state index contributed by atoms with van der Waals surface area (Å²) >= 11 is 1.58. The molecule has 0 spiro atoms. The Kier molecular flexibility index (Phi) is 4.66. The molecule has 1 aliphatic rings. The summed E-state index contributed by atoms with van der Waals surface area (Å²) in [5.74, 6) is 1.98. The molecule has 1 atom stereocenters. The number of β-amino-alcohol motifs (C(OH)–C–C–N with tert-alkyl or cyclic N) is 1. The smallest absolute Gasteiger partial charge is 0.188 e. The van der Waals surface area contributed by atoms with Crippen molar-refractivity contribution in [1.82, 2.24) is 19.9 Å². The maximum absolute atomic E-state index is 9.05. The summed E-state index contributed by atoms with van der Waals surface area (Å²) in [4.78, 5) is 15.7. The van der Waals surface area contributed by atoms with Crippen LogP contribution in [0.1, 0.15) is 29.6 Å². The van der Waals surface area contributed by atoms with Gasteiger partial charge >= 0.3 is 0 Å². The number of aliphatic hydroxyl groups excluding tert-OH is 1. The van der Waals surface area contributed by atoms with E-state index in [1.165, 1.54) is 0 Å². The summed E-state index contributed by atoms with van der Waals surface area (Å²) in [6.07, 6.45) is 1.08. The zero-order valence-corrected chi connectivity index (χ0v) is 13.7. The molecule has 2 N–H and O–H groups in total. The molecule has 1 aliphatic heterocycles. The van der Waals surface area contributed by atoms with Gasteiger partial charge < -0.3 is 15.3 Å². The predicted molar refractivity (Wildman–Crippen MR) is 87.8 cm³/mol. The van der Waals surface area contributed by atoms with Crippen molar-refractivity contribution in [2.24, 2.45) is 0 Å². The molecular formula is C15H21N5OS. The molecule has 3 rings (SSSR count). The van der Waals surface area contributed by atoms with Crippen LogP contribution in [0, 0.1) is 13.8 Å². The van der Waals surface area contributed by atoms with Gasteiger partial charge in [-0.05, 0) is 26.8 Å². The van der Waals surface area contributed by atoms with Crippen LogP contribution in [0.5, 0.6) is 0 Å². The number of anilines is 2. The lowest BCUT2D eigenvalue weighted by Gasteiger charge is -2.15. The fraction of sp³-hybridized carbons (Fsp3) is 0.533. The first-order valence-electron chi connectivity index (χ1n) is 7.52. The van der Waals surface area contributed by atoms with Crippen LogP contribution in [0.3, 0.4) is 0 Å². The van der Waals surface area contributed by atoms with E-state index >= 15 is 0 Å². The number of likely N-dealkylation sites (tertiary alicyclic amines) is 1. The topological polar surface area (TPSA) is 74.2 Å². The fourth-order valence-corrected chi connectivity index (χ4v) is 3.50. The van der Waals surface area contributed by atoms with Crippen molar-refractivity contribution in [2.75, 3.05) is 31.6 Å². The third kappa shape index (κ3) is 3.60. The molecule has 0 unspecified atom stereocenters. The van der Waals surface area contributed by atoms with E-state index in [4.69, 9.17) is 5.11 Å². The molecular weight excluding hydrogens is 298 g/mol. The van der Waals surface area contributed by atoms with Gasteiger partial charge in [0.2, 0.25) is 0 Å². The van der Waals surface area contributed by atoms with Gasteiger partial charge in [0.05, 0.1) is 18.0 Å². The second-order valence-electron chi connectivity index (χ2n) is 5.65. The van der Waals surface area contributed by atoms with Gasteiger partial charge in [-0.25, -0.2) is 15.0 Å². The molecule has 2 aromatic heterocycles. The first kappa shape index (κ1) is 15.3. The van der Waals surface area contributed by atoms with Gasteiger partial charge in [-0.2, -0.15) is 0 Å². The molecule has 0 amide bonds. The molecule has 3 heterocycles. The number of hydrogen-bond donors (Lipinski definition) is 2. The summed E-state index contributed by atoms with van der Waals surface area (Å²) in [5.41, 5.74) is 2.08. The summed E-state index contributed by atoms with van der Waals surface area (Å²) in [7, 11) is 0. The van der Waals surface area contributed by atoms with Gasteiger partial charge in [-0.1, -0.05) is 0 Å². The maximum Gasteiger partial charge on any atom is 0.188 e. The predicted octanol–water partition coefficient (Wildman–Crippen LogP) is 2.08. The lowest BCUT2D eigenvalue weighted by molar-refractivity contribution is 0.220. The van der Waals surface area contributed by atoms with Crippen molar-refractivity contribution < 1.29 is 5.11 Å². The second kappa shape index (κ2) is 6.68. The molecule has 2 aromatic rings. The van der Waals surface area contributed by atoms with Crippen molar-refractivity contribution in [2.45, 2.75) is 26.2 Å². The van der Waals surface area contributed by atoms with Crippen LogP contribution in [-0.2, 0) is 0 Å². The number of aryl methyl sites for hydroxylation is 2. The quantitative estimate of drug-likeness (QED) is 0.879. The van der Waals surface area contributed by atoms with Crippen LogP contribution in [-0.4, -0.2) is 51.2 Å². The molecule has 0 radical (unpaired) electrons. The number of hydrogen-bond acceptors (Lipinski definition) is 7. The first-order valence-corrected chi connectivity index (χ1v) is 8.40. The van der Waals surface area contributed by atoms with Gasteiger partial charge in [-0.3, -0.25) is 0 Å². The summed E-state index contributed by atoms with van der Waals surface area (Å²) in [6, 6.07) is 2.02. The minimum absolute atomic E-state index is 0.214. The SMILES string of the molecule is Cc1csc(Nc2cc([C@@H]3CCN(CCO)C3)nc(C)n2)n1. The van der Waals surface area contributed by atoms with E-state index in [1.54, 1.807) is 11.3 Å². The molecule has 22 heavy (non-hydrogen) atoms. The first-order chi connectivity index (χ1) is 10.6. The van der Waals surface area contributed by atoms with E-state index < -0.39 is 0 Å². The molecule has 6 nitrogen and oxygen atoms in total. The average molecular weight is 319 g/mol. The van der Waals surface area contributed by atoms with Crippen LogP contribution < -0.4 is 5.32 Å². The summed E-state index contributed by atoms with van der Waals surface area (Å²) < 4.78 is 0. The van der Waals surface area contributed by atoms with E-state index in [-0.39, 0.29) is 6.61 Å². The normalized spacial score (nSPS) is 18.8. The fourth-order valence-electron chi connectivity index (χ4n) is 2.80. The Morgan fingerprint density at radius 3 is 2.95 bits per heavy atom. The average Bonchev–Trinajstić information content (AvgIpc) is 3.08. The van der Waals surface area contributed by atoms with Crippen molar-refractivity contribution in [3.05, 3.63) is 28.7 Å². The third-order valence-electron chi connectivity index (χ3n) is 3.82. The Bertz CT molecular complexity index is 645. The highest BCUT2D eigenvalue weighted by molar-refractivity contribution is 7.13. The lowest BCUT2D eigenvalue weighted by Crippen LogP contribution is -2.24. The molecule has 0 aliphatic carbocycles. The van der Waals surface area contributed by atoms with Crippen LogP contribution in [0.25, 0.3) is 0 Å². The van der Waals surface area contributed by atoms with E-state index in [0.717, 1.165) is 54.2 Å². The van der Waals surface area contributed by atoms with Crippen molar-refractivity contribution >= 4 is 22.3 Å². The van der Waals surface area contributed by atoms with Gasteiger partial charge in [0.25, 0.3) is 0 Å². The van der Waals surface area contributed by atoms with Gasteiger partial charge in [-0.15, -0.1) is 11.3 Å². The Balaban J connectivity index is 1.75. The van der Waals surface area contributed by atoms with Gasteiger partial charge in [0.1, 0.15) is 11.6 Å². The number of nitrogens with one attached hydrogen (secondary N) is 1. The van der Waals surface area contributed by atoms with E-state index in [1.807, 2.05) is 25.3 Å². The van der Waals surface area contributed by atoms with Crippen LogP contribution in [0.2, 0.25) is 0 Å². The minimum atomic E-state index is 0.214. The number of aliphatic hydroxyl groups is 1. The van der Waals surface area contributed by atoms with Crippen LogP contribution in [0.15, 0.2) is 11.4 Å². The molecule has 0 aromatic carbocycles. The molecule has 1 saturated heterocycles. The largest absolute Gasteiger partial charge is 0.395 e. The van der Waals surface area contributed by atoms with E-state index in [9.17, 15) is 0 Å². The maximum atomic E-state index is 9.05. The molecule has 118 valence electrons. The highest BCUT2D eigenvalue weighted by atomic mass is 32.1. The Morgan fingerprint density at radius 1 is 1.36 bits per heavy atom. The number of thiazole rings is 1. The van der Waals surface area contributed by atoms with Crippen molar-refractivity contribution in [3.63, 3.8) is 0 Å². The second-order valence-corrected chi connectivity index (χ2v) is 6.51. The van der Waals surface area contributed by atoms with Crippen LogP contribution in [0.4, 0.5) is 10.9 Å². The number of rotatable bonds is 5. The molecule has 0 saturated carbocycles. The number of aromatic nitrogens is 3. The van der Waals surface area contributed by atoms with Crippen molar-refractivity contribution in [1.29, 1.82) is 0 Å². The Hall–Kier alpha value is -1.57. The van der Waals surface area contributed by atoms with Gasteiger partial charge in [0, 0.05) is 30.5 Å². The third-order valence-corrected chi connectivity index (χ3v) is 4.69. The minimum Gasteiger partial charge on any atom is -0.395 e. The molecule has 7 heteroatoms. The lowest BCUT2D eigenvalue weighted by atomic mass is 10.0. The van der Waals surface area contributed by atoms with E-state index in [0.29, 0.717) is 5.92 Å².